The predicted molar refractivity (Wildman–Crippen MR) is 138 cm³/mol. The van der Waals surface area contributed by atoms with Gasteiger partial charge in [-0.2, -0.15) is 0 Å². The molecule has 1 heterocycles. The van der Waals surface area contributed by atoms with Gasteiger partial charge >= 0.3 is 5.97 Å². The zero-order valence-electron chi connectivity index (χ0n) is 20.8. The molecule has 8 heteroatoms. The molecule has 1 atom stereocenters. The molecule has 0 spiro atoms. The lowest BCUT2D eigenvalue weighted by molar-refractivity contribution is -0.132. The van der Waals surface area contributed by atoms with Gasteiger partial charge in [0.2, 0.25) is 0 Å². The standard InChI is InChI=1S/C29H27NO7/c1-4-16-37-21-14-12-18(13-15-21)26(31)24-25(22-10-5-6-11-23(22)35-2)30(28(33)27(24)32)20-9-7-8-19(17-20)29(34)36-3/h5-15,17,25,31H,4,16H2,1-3H3/b26-24+. The van der Waals surface area contributed by atoms with Crippen LogP contribution in [0.1, 0.15) is 40.9 Å². The first kappa shape index (κ1) is 25.5. The highest BCUT2D eigenvalue weighted by atomic mass is 16.5. The average molecular weight is 502 g/mol. The topological polar surface area (TPSA) is 102 Å². The molecule has 4 rings (SSSR count). The monoisotopic (exact) mass is 501 g/mol. The minimum Gasteiger partial charge on any atom is -0.507 e. The van der Waals surface area contributed by atoms with Crippen LogP contribution in [-0.2, 0) is 14.3 Å². The Morgan fingerprint density at radius 2 is 1.68 bits per heavy atom. The van der Waals surface area contributed by atoms with Crippen LogP contribution in [0.25, 0.3) is 5.76 Å². The Morgan fingerprint density at radius 3 is 2.35 bits per heavy atom. The van der Waals surface area contributed by atoms with E-state index in [-0.39, 0.29) is 16.9 Å². The second-order valence-electron chi connectivity index (χ2n) is 8.33. The zero-order valence-corrected chi connectivity index (χ0v) is 20.8. The van der Waals surface area contributed by atoms with Crippen molar-refractivity contribution >= 4 is 29.1 Å². The van der Waals surface area contributed by atoms with E-state index in [4.69, 9.17) is 14.2 Å². The second kappa shape index (κ2) is 11.0. The zero-order chi connectivity index (χ0) is 26.5. The van der Waals surface area contributed by atoms with Gasteiger partial charge in [0.1, 0.15) is 17.3 Å². The van der Waals surface area contributed by atoms with Gasteiger partial charge in [-0.15, -0.1) is 0 Å². The molecule has 1 aliphatic heterocycles. The summed E-state index contributed by atoms with van der Waals surface area (Å²) in [5.74, 6) is -1.57. The van der Waals surface area contributed by atoms with E-state index in [1.54, 1.807) is 66.7 Å². The van der Waals surface area contributed by atoms with Crippen molar-refractivity contribution in [3.05, 3.63) is 95.1 Å². The van der Waals surface area contributed by atoms with Crippen molar-refractivity contribution in [2.75, 3.05) is 25.7 Å². The number of ether oxygens (including phenoxy) is 3. The number of aliphatic hydroxyl groups excluding tert-OH is 1. The molecule has 1 unspecified atom stereocenters. The average Bonchev–Trinajstić information content (AvgIpc) is 3.21. The lowest BCUT2D eigenvalue weighted by Gasteiger charge is -2.27. The van der Waals surface area contributed by atoms with E-state index < -0.39 is 23.7 Å². The minimum atomic E-state index is -1.01. The fraction of sp³-hybridized carbons (Fsp3) is 0.207. The van der Waals surface area contributed by atoms with Crippen LogP contribution in [-0.4, -0.2) is 43.6 Å². The first-order chi connectivity index (χ1) is 17.9. The van der Waals surface area contributed by atoms with Crippen LogP contribution >= 0.6 is 0 Å². The molecule has 1 fully saturated rings. The van der Waals surface area contributed by atoms with Gasteiger partial charge in [0.25, 0.3) is 11.7 Å². The van der Waals surface area contributed by atoms with Crippen molar-refractivity contribution < 1.29 is 33.7 Å². The van der Waals surface area contributed by atoms with Crippen molar-refractivity contribution in [3.63, 3.8) is 0 Å². The number of hydrogen-bond donors (Lipinski definition) is 1. The molecule has 0 radical (unpaired) electrons. The van der Waals surface area contributed by atoms with Crippen molar-refractivity contribution in [2.45, 2.75) is 19.4 Å². The first-order valence-corrected chi connectivity index (χ1v) is 11.8. The number of amides is 1. The lowest BCUT2D eigenvalue weighted by atomic mass is 9.94. The van der Waals surface area contributed by atoms with E-state index in [1.807, 2.05) is 6.92 Å². The molecule has 8 nitrogen and oxygen atoms in total. The molecule has 0 aliphatic carbocycles. The molecule has 1 amide bonds. The molecular weight excluding hydrogens is 474 g/mol. The van der Waals surface area contributed by atoms with Crippen molar-refractivity contribution in [3.8, 4) is 11.5 Å². The van der Waals surface area contributed by atoms with Gasteiger partial charge in [0.05, 0.1) is 38.0 Å². The molecular formula is C29H27NO7. The van der Waals surface area contributed by atoms with Crippen LogP contribution in [0.2, 0.25) is 0 Å². The number of anilines is 1. The van der Waals surface area contributed by atoms with E-state index in [2.05, 4.69) is 0 Å². The third kappa shape index (κ3) is 4.91. The highest BCUT2D eigenvalue weighted by Crippen LogP contribution is 2.45. The summed E-state index contributed by atoms with van der Waals surface area (Å²) in [6.07, 6.45) is 0.848. The highest BCUT2D eigenvalue weighted by Gasteiger charge is 2.48. The van der Waals surface area contributed by atoms with Gasteiger partial charge in [-0.05, 0) is 55.0 Å². The number of carbonyl (C=O) groups is 3. The molecule has 3 aromatic rings. The summed E-state index contributed by atoms with van der Waals surface area (Å²) >= 11 is 0. The van der Waals surface area contributed by atoms with Gasteiger partial charge in [-0.25, -0.2) is 4.79 Å². The number of carbonyl (C=O) groups excluding carboxylic acids is 3. The molecule has 1 aliphatic rings. The number of hydrogen-bond acceptors (Lipinski definition) is 7. The van der Waals surface area contributed by atoms with Gasteiger partial charge in [-0.3, -0.25) is 14.5 Å². The van der Waals surface area contributed by atoms with Gasteiger partial charge in [-0.1, -0.05) is 31.2 Å². The maximum atomic E-state index is 13.4. The van der Waals surface area contributed by atoms with Crippen molar-refractivity contribution in [1.82, 2.24) is 0 Å². The third-order valence-corrected chi connectivity index (χ3v) is 6.02. The smallest absolute Gasteiger partial charge is 0.337 e. The Hall–Kier alpha value is -4.59. The largest absolute Gasteiger partial charge is 0.507 e. The van der Waals surface area contributed by atoms with E-state index in [1.165, 1.54) is 25.2 Å². The minimum absolute atomic E-state index is 0.0970. The number of rotatable bonds is 8. The summed E-state index contributed by atoms with van der Waals surface area (Å²) in [6.45, 7) is 2.55. The Balaban J connectivity index is 1.89. The molecule has 0 saturated carbocycles. The normalized spacial score (nSPS) is 16.5. The molecule has 0 bridgehead atoms. The third-order valence-electron chi connectivity index (χ3n) is 6.02. The first-order valence-electron chi connectivity index (χ1n) is 11.8. The van der Waals surface area contributed by atoms with E-state index in [0.717, 1.165) is 6.42 Å². The van der Waals surface area contributed by atoms with Crippen LogP contribution in [0.15, 0.2) is 78.4 Å². The molecule has 0 aromatic heterocycles. The lowest BCUT2D eigenvalue weighted by Crippen LogP contribution is -2.29. The Bertz CT molecular complexity index is 1360. The maximum Gasteiger partial charge on any atom is 0.337 e. The van der Waals surface area contributed by atoms with Crippen molar-refractivity contribution in [2.24, 2.45) is 0 Å². The van der Waals surface area contributed by atoms with E-state index in [0.29, 0.717) is 34.9 Å². The van der Waals surface area contributed by atoms with Crippen LogP contribution in [0.3, 0.4) is 0 Å². The summed E-state index contributed by atoms with van der Waals surface area (Å²) in [5.41, 5.74) is 1.26. The van der Waals surface area contributed by atoms with Crippen LogP contribution in [0.5, 0.6) is 11.5 Å². The van der Waals surface area contributed by atoms with E-state index >= 15 is 0 Å². The summed E-state index contributed by atoms with van der Waals surface area (Å²) in [5, 5.41) is 11.3. The Labute approximate surface area is 214 Å². The summed E-state index contributed by atoms with van der Waals surface area (Å²) in [7, 11) is 2.74. The summed E-state index contributed by atoms with van der Waals surface area (Å²) in [4.78, 5) is 40.2. The summed E-state index contributed by atoms with van der Waals surface area (Å²) < 4.78 is 16.0. The predicted octanol–water partition coefficient (Wildman–Crippen LogP) is 4.90. The number of methoxy groups -OCH3 is 2. The number of benzene rings is 3. The van der Waals surface area contributed by atoms with E-state index in [9.17, 15) is 19.5 Å². The number of esters is 1. The molecule has 3 aromatic carbocycles. The van der Waals surface area contributed by atoms with Crippen LogP contribution < -0.4 is 14.4 Å². The molecule has 1 N–H and O–H groups in total. The second-order valence-corrected chi connectivity index (χ2v) is 8.33. The highest BCUT2D eigenvalue weighted by molar-refractivity contribution is 6.51. The van der Waals surface area contributed by atoms with Gasteiger partial charge in [0, 0.05) is 16.8 Å². The Kier molecular flexibility index (Phi) is 7.57. The van der Waals surface area contributed by atoms with Crippen molar-refractivity contribution in [1.29, 1.82) is 0 Å². The SMILES string of the molecule is CCCOc1ccc(/C(O)=C2\C(=O)C(=O)N(c3cccc(C(=O)OC)c3)C2c2ccccc2OC)cc1. The van der Waals surface area contributed by atoms with Gasteiger partial charge in [0.15, 0.2) is 0 Å². The van der Waals surface area contributed by atoms with Crippen LogP contribution in [0.4, 0.5) is 5.69 Å². The number of Topliss-reactive ketones (excluding diaryl/α,β-unsaturated/α-hetero) is 1. The number of ketones is 1. The molecule has 37 heavy (non-hydrogen) atoms. The Morgan fingerprint density at radius 1 is 0.946 bits per heavy atom. The molecule has 1 saturated heterocycles. The number of nitrogens with zero attached hydrogens (tertiary/aromatic N) is 1. The number of para-hydroxylation sites is 1. The summed E-state index contributed by atoms with van der Waals surface area (Å²) in [6, 6.07) is 18.8. The molecule has 190 valence electrons. The van der Waals surface area contributed by atoms with Crippen LogP contribution in [0, 0.1) is 0 Å². The number of aliphatic hydroxyl groups is 1. The van der Waals surface area contributed by atoms with Gasteiger partial charge < -0.3 is 19.3 Å². The quantitative estimate of drug-likeness (QED) is 0.203. The maximum absolute atomic E-state index is 13.4. The fourth-order valence-corrected chi connectivity index (χ4v) is 4.27. The fourth-order valence-electron chi connectivity index (χ4n) is 4.27.